The van der Waals surface area contributed by atoms with E-state index >= 15 is 0 Å². The second kappa shape index (κ2) is 7.39. The number of nitrogens with zero attached hydrogens (tertiary/aromatic N) is 2. The monoisotopic (exact) mass is 346 g/mol. The van der Waals surface area contributed by atoms with Crippen LogP contribution in [0, 0.1) is 0 Å². The Morgan fingerprint density at radius 3 is 3.12 bits per heavy atom. The fourth-order valence-electron chi connectivity index (χ4n) is 2.89. The van der Waals surface area contributed by atoms with Gasteiger partial charge >= 0.3 is 0 Å². The number of carbonyl (C=O) groups excluding carboxylic acids is 3. The Hall–Kier alpha value is -2.48. The van der Waals surface area contributed by atoms with Crippen molar-refractivity contribution in [1.82, 2.24) is 20.5 Å². The molecule has 3 amide bonds. The summed E-state index contributed by atoms with van der Waals surface area (Å²) in [4.78, 5) is 41.4. The lowest BCUT2D eigenvalue weighted by Crippen LogP contribution is -2.48. The molecule has 1 atom stereocenters. The Labute approximate surface area is 143 Å². The molecule has 7 nitrogen and oxygen atoms in total. The molecule has 0 aliphatic carbocycles. The van der Waals surface area contributed by atoms with Crippen LogP contribution >= 0.6 is 11.3 Å². The first-order valence-corrected chi connectivity index (χ1v) is 8.57. The third-order valence-electron chi connectivity index (χ3n) is 4.02. The number of likely N-dealkylation sites (tertiary alicyclic amines) is 1. The second-order valence-corrected chi connectivity index (χ2v) is 6.76. The summed E-state index contributed by atoms with van der Waals surface area (Å²) in [5, 5.41) is 6.32. The maximum Gasteiger partial charge on any atom is 0.243 e. The Morgan fingerprint density at radius 2 is 2.33 bits per heavy atom. The van der Waals surface area contributed by atoms with Gasteiger partial charge in [0.2, 0.25) is 18.2 Å². The van der Waals surface area contributed by atoms with Crippen molar-refractivity contribution in [1.29, 1.82) is 0 Å². The van der Waals surface area contributed by atoms with Crippen LogP contribution < -0.4 is 10.6 Å². The first-order valence-electron chi connectivity index (χ1n) is 7.75. The number of carbonyl (C=O) groups is 3. The molecule has 0 aromatic carbocycles. The van der Waals surface area contributed by atoms with Crippen molar-refractivity contribution < 1.29 is 14.4 Å². The molecule has 0 radical (unpaired) electrons. The molecule has 1 aliphatic rings. The van der Waals surface area contributed by atoms with Gasteiger partial charge in [-0.05, 0) is 25.0 Å². The molecular weight excluding hydrogens is 328 g/mol. The molecule has 0 bridgehead atoms. The highest BCUT2D eigenvalue weighted by atomic mass is 32.1. The largest absolute Gasteiger partial charge is 0.350 e. The van der Waals surface area contributed by atoms with Gasteiger partial charge in [0.15, 0.2) is 0 Å². The highest BCUT2D eigenvalue weighted by molar-refractivity contribution is 7.19. The van der Waals surface area contributed by atoms with Crippen molar-refractivity contribution in [2.45, 2.75) is 25.4 Å². The van der Waals surface area contributed by atoms with Crippen LogP contribution in [-0.2, 0) is 20.9 Å². The fourth-order valence-corrected chi connectivity index (χ4v) is 3.86. The van der Waals surface area contributed by atoms with Gasteiger partial charge < -0.3 is 15.5 Å². The van der Waals surface area contributed by atoms with Gasteiger partial charge in [-0.2, -0.15) is 0 Å². The summed E-state index contributed by atoms with van der Waals surface area (Å²) in [6, 6.07) is 3.50. The number of thiophene rings is 1. The molecule has 8 heteroatoms. The standard InChI is InChI=1S/C16H18N4O3S/c21-10-18-9-15(22)20-5-1-2-13(20)16(23)19-8-12-6-11-7-17-4-3-14(11)24-12/h3-4,6-7,10,13H,1-2,5,8-9H2,(H,18,21)(H,19,23). The van der Waals surface area contributed by atoms with Gasteiger partial charge in [-0.1, -0.05) is 0 Å². The van der Waals surface area contributed by atoms with Crippen LogP contribution in [0.15, 0.2) is 24.5 Å². The highest BCUT2D eigenvalue weighted by Gasteiger charge is 2.33. The first kappa shape index (κ1) is 16.4. The summed E-state index contributed by atoms with van der Waals surface area (Å²) in [5.74, 6) is -0.379. The topological polar surface area (TPSA) is 91.4 Å². The normalized spacial score (nSPS) is 17.0. The zero-order valence-electron chi connectivity index (χ0n) is 13.0. The zero-order chi connectivity index (χ0) is 16.9. The van der Waals surface area contributed by atoms with E-state index in [0.717, 1.165) is 21.4 Å². The Bertz CT molecular complexity index is 728. The van der Waals surface area contributed by atoms with Crippen LogP contribution in [0.25, 0.3) is 10.1 Å². The van der Waals surface area contributed by atoms with E-state index < -0.39 is 6.04 Å². The van der Waals surface area contributed by atoms with Crippen molar-refractivity contribution in [2.24, 2.45) is 0 Å². The molecular formula is C16H18N4O3S. The predicted octanol–water partition coefficient (Wildman–Crippen LogP) is 0.650. The van der Waals surface area contributed by atoms with Crippen molar-refractivity contribution in [3.05, 3.63) is 29.4 Å². The lowest BCUT2D eigenvalue weighted by molar-refractivity contribution is -0.138. The minimum Gasteiger partial charge on any atom is -0.350 e. The van der Waals surface area contributed by atoms with Gasteiger partial charge in [0.05, 0.1) is 13.1 Å². The number of hydrogen-bond acceptors (Lipinski definition) is 5. The van der Waals surface area contributed by atoms with E-state index in [1.807, 2.05) is 12.1 Å². The molecule has 0 spiro atoms. The van der Waals surface area contributed by atoms with Crippen molar-refractivity contribution in [3.8, 4) is 0 Å². The van der Waals surface area contributed by atoms with Crippen LogP contribution in [0.5, 0.6) is 0 Å². The van der Waals surface area contributed by atoms with Gasteiger partial charge in [-0.25, -0.2) is 0 Å². The van der Waals surface area contributed by atoms with E-state index in [1.165, 1.54) is 0 Å². The summed E-state index contributed by atoms with van der Waals surface area (Å²) in [5.41, 5.74) is 0. The highest BCUT2D eigenvalue weighted by Crippen LogP contribution is 2.24. The number of amides is 3. The number of fused-ring (bicyclic) bond motifs is 1. The van der Waals surface area contributed by atoms with Crippen molar-refractivity contribution >= 4 is 39.6 Å². The minimum atomic E-state index is -0.456. The van der Waals surface area contributed by atoms with E-state index in [0.29, 0.717) is 25.9 Å². The number of nitrogens with one attached hydrogen (secondary N) is 2. The zero-order valence-corrected chi connectivity index (χ0v) is 13.8. The van der Waals surface area contributed by atoms with E-state index in [4.69, 9.17) is 0 Å². The fraction of sp³-hybridized carbons (Fsp3) is 0.375. The van der Waals surface area contributed by atoms with Gasteiger partial charge in [0.1, 0.15) is 6.04 Å². The third kappa shape index (κ3) is 3.53. The summed E-state index contributed by atoms with van der Waals surface area (Å²) in [6.45, 7) is 0.909. The van der Waals surface area contributed by atoms with E-state index in [-0.39, 0.29) is 18.4 Å². The lowest BCUT2D eigenvalue weighted by atomic mass is 10.2. The van der Waals surface area contributed by atoms with Crippen LogP contribution in [0.2, 0.25) is 0 Å². The summed E-state index contributed by atoms with van der Waals surface area (Å²) in [6.07, 6.45) is 5.47. The maximum absolute atomic E-state index is 12.4. The SMILES string of the molecule is O=CNCC(=O)N1CCCC1C(=O)NCc1cc2cnccc2s1. The molecule has 0 saturated carbocycles. The quantitative estimate of drug-likeness (QED) is 0.751. The molecule has 1 unspecified atom stereocenters. The number of rotatable bonds is 6. The number of aromatic nitrogens is 1. The summed E-state index contributed by atoms with van der Waals surface area (Å²) < 4.78 is 1.13. The van der Waals surface area contributed by atoms with Crippen molar-refractivity contribution in [3.63, 3.8) is 0 Å². The molecule has 1 fully saturated rings. The third-order valence-corrected chi connectivity index (χ3v) is 5.13. The molecule has 2 aromatic heterocycles. The van der Waals surface area contributed by atoms with Gasteiger partial charge in [-0.3, -0.25) is 19.4 Å². The van der Waals surface area contributed by atoms with E-state index in [2.05, 4.69) is 15.6 Å². The second-order valence-electron chi connectivity index (χ2n) is 5.59. The Balaban J connectivity index is 1.59. The molecule has 2 N–H and O–H groups in total. The van der Waals surface area contributed by atoms with Gasteiger partial charge in [0, 0.05) is 33.9 Å². The number of hydrogen-bond donors (Lipinski definition) is 2. The minimum absolute atomic E-state index is 0.0728. The number of pyridine rings is 1. The van der Waals surface area contributed by atoms with Crippen LogP contribution in [-0.4, -0.2) is 47.2 Å². The lowest BCUT2D eigenvalue weighted by Gasteiger charge is -2.23. The van der Waals surface area contributed by atoms with Gasteiger partial charge in [-0.15, -0.1) is 11.3 Å². The van der Waals surface area contributed by atoms with Gasteiger partial charge in [0.25, 0.3) is 0 Å². The molecule has 3 rings (SSSR count). The Morgan fingerprint density at radius 1 is 1.46 bits per heavy atom. The average molecular weight is 346 g/mol. The van der Waals surface area contributed by atoms with Crippen LogP contribution in [0.4, 0.5) is 0 Å². The molecule has 1 aliphatic heterocycles. The average Bonchev–Trinajstić information content (AvgIpc) is 3.23. The molecule has 1 saturated heterocycles. The van der Waals surface area contributed by atoms with Crippen LogP contribution in [0.3, 0.4) is 0 Å². The van der Waals surface area contributed by atoms with Crippen LogP contribution in [0.1, 0.15) is 17.7 Å². The smallest absolute Gasteiger partial charge is 0.243 e. The maximum atomic E-state index is 12.4. The molecule has 3 heterocycles. The predicted molar refractivity (Wildman–Crippen MR) is 90.3 cm³/mol. The summed E-state index contributed by atoms with van der Waals surface area (Å²) >= 11 is 1.62. The van der Waals surface area contributed by atoms with E-state index in [1.54, 1.807) is 28.6 Å². The summed E-state index contributed by atoms with van der Waals surface area (Å²) in [7, 11) is 0. The van der Waals surface area contributed by atoms with Crippen molar-refractivity contribution in [2.75, 3.05) is 13.1 Å². The Kier molecular flexibility index (Phi) is 5.05. The molecule has 24 heavy (non-hydrogen) atoms. The first-order chi connectivity index (χ1) is 11.7. The van der Waals surface area contributed by atoms with E-state index in [9.17, 15) is 14.4 Å². The molecule has 126 valence electrons. The molecule has 2 aromatic rings.